The summed E-state index contributed by atoms with van der Waals surface area (Å²) < 4.78 is 32.7. The molecule has 0 amide bonds. The maximum Gasteiger partial charge on any atom is 0.224 e. The van der Waals surface area contributed by atoms with Crippen LogP contribution in [0.15, 0.2) is 48.3 Å². The van der Waals surface area contributed by atoms with Crippen molar-refractivity contribution in [2.45, 2.75) is 18.9 Å². The largest absolute Gasteiger partial charge is 0.360 e. The highest BCUT2D eigenvalue weighted by Gasteiger charge is 2.42. The van der Waals surface area contributed by atoms with Crippen molar-refractivity contribution >= 4 is 5.57 Å². The molecule has 1 aromatic rings. The number of alkyl halides is 1. The lowest BCUT2D eigenvalue weighted by Crippen LogP contribution is -2.42. The molecule has 0 aromatic heterocycles. The second kappa shape index (κ2) is 5.00. The van der Waals surface area contributed by atoms with Crippen molar-refractivity contribution < 1.29 is 18.6 Å². The molecule has 0 aliphatic heterocycles. The maximum atomic E-state index is 14.0. The molecule has 1 aliphatic rings. The van der Waals surface area contributed by atoms with E-state index in [0.29, 0.717) is 5.56 Å². The molecule has 2 rings (SSSR count). The quantitative estimate of drug-likeness (QED) is 0.838. The summed E-state index contributed by atoms with van der Waals surface area (Å²) in [4.78, 5) is 0. The summed E-state index contributed by atoms with van der Waals surface area (Å²) >= 11 is 0. The Hall–Kier alpha value is -1.52. The van der Waals surface area contributed by atoms with Gasteiger partial charge >= 0.3 is 0 Å². The molecule has 96 valence electrons. The molecule has 4 heteroatoms. The summed E-state index contributed by atoms with van der Waals surface area (Å²) in [6, 6.07) is 8.62. The topological polar surface area (TPSA) is 29.5 Å². The van der Waals surface area contributed by atoms with Gasteiger partial charge in [-0.25, -0.2) is 8.78 Å². The van der Waals surface area contributed by atoms with Gasteiger partial charge in [-0.1, -0.05) is 36.4 Å². The third kappa shape index (κ3) is 2.21. The van der Waals surface area contributed by atoms with Gasteiger partial charge in [0.05, 0.1) is 0 Å². The summed E-state index contributed by atoms with van der Waals surface area (Å²) in [5.41, 5.74) is 0.694. The number of ether oxygens (including phenoxy) is 1. The Kier molecular flexibility index (Phi) is 3.59. The van der Waals surface area contributed by atoms with E-state index >= 15 is 0 Å². The first-order valence-electron chi connectivity index (χ1n) is 5.73. The molecule has 2 unspecified atom stereocenters. The molecule has 0 bridgehead atoms. The first-order chi connectivity index (χ1) is 8.58. The second-order valence-corrected chi connectivity index (χ2v) is 4.01. The molecular weight excluding hydrogens is 238 g/mol. The fraction of sp³-hybridized carbons (Fsp3) is 0.286. The number of halogens is 2. The Morgan fingerprint density at radius 2 is 2.00 bits per heavy atom. The van der Waals surface area contributed by atoms with E-state index in [-0.39, 0.29) is 12.2 Å². The van der Waals surface area contributed by atoms with Gasteiger partial charge in [0, 0.05) is 12.2 Å². The second-order valence-electron chi connectivity index (χ2n) is 4.01. The highest BCUT2D eigenvalue weighted by atomic mass is 19.2. The Bertz CT molecular complexity index is 482. The van der Waals surface area contributed by atoms with Crippen LogP contribution in [0.5, 0.6) is 0 Å². The maximum absolute atomic E-state index is 14.0. The lowest BCUT2D eigenvalue weighted by Gasteiger charge is -2.30. The minimum absolute atomic E-state index is 0.0925. The molecule has 2 nitrogen and oxygen atoms in total. The van der Waals surface area contributed by atoms with Gasteiger partial charge in [-0.2, -0.15) is 0 Å². The molecule has 0 spiro atoms. The van der Waals surface area contributed by atoms with E-state index in [0.717, 1.165) is 6.08 Å². The first kappa shape index (κ1) is 12.9. The molecule has 0 saturated heterocycles. The van der Waals surface area contributed by atoms with E-state index in [1.54, 1.807) is 37.3 Å². The number of aliphatic hydroxyl groups is 1. The van der Waals surface area contributed by atoms with Gasteiger partial charge in [0.2, 0.25) is 12.0 Å². The molecule has 1 N–H and O–H groups in total. The average Bonchev–Trinajstić information content (AvgIpc) is 2.38. The Morgan fingerprint density at radius 1 is 1.33 bits per heavy atom. The van der Waals surface area contributed by atoms with Crippen LogP contribution in [0.2, 0.25) is 0 Å². The summed E-state index contributed by atoms with van der Waals surface area (Å²) in [5.74, 6) is -3.23. The fourth-order valence-electron chi connectivity index (χ4n) is 1.89. The number of hydrogen-bond donors (Lipinski definition) is 1. The van der Waals surface area contributed by atoms with Crippen molar-refractivity contribution in [2.75, 3.05) is 6.61 Å². The van der Waals surface area contributed by atoms with Crippen LogP contribution in [0.3, 0.4) is 0 Å². The predicted octanol–water partition coefficient (Wildman–Crippen LogP) is 3.00. The summed E-state index contributed by atoms with van der Waals surface area (Å²) in [6.45, 7) is 1.70. The number of hydrogen-bond acceptors (Lipinski definition) is 2. The molecule has 1 aromatic carbocycles. The molecule has 2 atom stereocenters. The van der Waals surface area contributed by atoms with Gasteiger partial charge in [-0.15, -0.1) is 0 Å². The van der Waals surface area contributed by atoms with Crippen molar-refractivity contribution in [1.82, 2.24) is 0 Å². The van der Waals surface area contributed by atoms with Gasteiger partial charge in [0.1, 0.15) is 5.83 Å². The van der Waals surface area contributed by atoms with E-state index in [9.17, 15) is 13.9 Å². The van der Waals surface area contributed by atoms with Gasteiger partial charge in [-0.3, -0.25) is 0 Å². The number of allylic oxidation sites excluding steroid dienone is 2. The van der Waals surface area contributed by atoms with Gasteiger partial charge in [-0.05, 0) is 18.6 Å². The Morgan fingerprint density at radius 3 is 2.61 bits per heavy atom. The molecule has 1 aliphatic carbocycles. The van der Waals surface area contributed by atoms with Crippen LogP contribution < -0.4 is 0 Å². The van der Waals surface area contributed by atoms with Gasteiger partial charge in [0.25, 0.3) is 0 Å². The summed E-state index contributed by atoms with van der Waals surface area (Å²) in [5, 5.41) is 9.82. The minimum atomic E-state index is -2.21. The van der Waals surface area contributed by atoms with E-state index < -0.39 is 17.8 Å². The van der Waals surface area contributed by atoms with Crippen LogP contribution in [0, 0.1) is 0 Å². The monoisotopic (exact) mass is 252 g/mol. The molecule has 0 saturated carbocycles. The minimum Gasteiger partial charge on any atom is -0.360 e. The standard InChI is InChI=1S/C14H14F2O2/c1-2-18-14(17)9-8-11(12(15)13(14)16)10-6-4-3-5-7-10/h3-9,13,17H,2H2,1H3. The SMILES string of the molecule is CCOC1(O)C=CC(c2ccccc2)=C(F)C1F. The van der Waals surface area contributed by atoms with Gasteiger partial charge in [0.15, 0.2) is 0 Å². The molecule has 0 heterocycles. The zero-order chi connectivity index (χ0) is 13.2. The molecule has 18 heavy (non-hydrogen) atoms. The highest BCUT2D eigenvalue weighted by molar-refractivity contribution is 5.77. The van der Waals surface area contributed by atoms with E-state index in [1.165, 1.54) is 6.08 Å². The van der Waals surface area contributed by atoms with Crippen LogP contribution in [0.25, 0.3) is 5.57 Å². The van der Waals surface area contributed by atoms with E-state index in [2.05, 4.69) is 0 Å². The van der Waals surface area contributed by atoms with Crippen LogP contribution in [-0.2, 0) is 4.74 Å². The predicted molar refractivity (Wildman–Crippen MR) is 65.1 cm³/mol. The molecule has 0 fully saturated rings. The third-order valence-electron chi connectivity index (χ3n) is 2.79. The van der Waals surface area contributed by atoms with Crippen LogP contribution in [-0.4, -0.2) is 23.7 Å². The molecule has 0 radical (unpaired) electrons. The van der Waals surface area contributed by atoms with Crippen molar-refractivity contribution in [3.05, 3.63) is 53.9 Å². The number of benzene rings is 1. The fourth-order valence-corrected chi connectivity index (χ4v) is 1.89. The first-order valence-corrected chi connectivity index (χ1v) is 5.73. The lowest BCUT2D eigenvalue weighted by atomic mass is 9.94. The normalized spacial score (nSPS) is 27.7. The Balaban J connectivity index is 2.37. The summed E-state index contributed by atoms with van der Waals surface area (Å²) in [7, 11) is 0. The van der Waals surface area contributed by atoms with Crippen molar-refractivity contribution in [1.29, 1.82) is 0 Å². The van der Waals surface area contributed by atoms with Crippen molar-refractivity contribution in [2.24, 2.45) is 0 Å². The van der Waals surface area contributed by atoms with Gasteiger partial charge < -0.3 is 9.84 Å². The van der Waals surface area contributed by atoms with E-state index in [1.807, 2.05) is 0 Å². The van der Waals surface area contributed by atoms with Crippen LogP contribution in [0.1, 0.15) is 12.5 Å². The Labute approximate surface area is 104 Å². The van der Waals surface area contributed by atoms with Crippen LogP contribution in [0.4, 0.5) is 8.78 Å². The summed E-state index contributed by atoms with van der Waals surface area (Å²) in [6.07, 6.45) is 0.279. The van der Waals surface area contributed by atoms with Crippen LogP contribution >= 0.6 is 0 Å². The zero-order valence-corrected chi connectivity index (χ0v) is 9.94. The lowest BCUT2D eigenvalue weighted by molar-refractivity contribution is -0.198. The highest BCUT2D eigenvalue weighted by Crippen LogP contribution is 2.36. The zero-order valence-electron chi connectivity index (χ0n) is 9.94. The smallest absolute Gasteiger partial charge is 0.224 e. The average molecular weight is 252 g/mol. The molecular formula is C14H14F2O2. The number of rotatable bonds is 3. The van der Waals surface area contributed by atoms with Crippen molar-refractivity contribution in [3.63, 3.8) is 0 Å². The van der Waals surface area contributed by atoms with Crippen molar-refractivity contribution in [3.8, 4) is 0 Å². The van der Waals surface area contributed by atoms with E-state index in [4.69, 9.17) is 4.74 Å². The third-order valence-corrected chi connectivity index (χ3v) is 2.79.